The molecular formula is C19H19ClN2O3. The van der Waals surface area contributed by atoms with Crippen molar-refractivity contribution < 1.29 is 14.3 Å². The first-order chi connectivity index (χ1) is 12.1. The van der Waals surface area contributed by atoms with Gasteiger partial charge in [0.1, 0.15) is 12.4 Å². The summed E-state index contributed by atoms with van der Waals surface area (Å²) in [6.07, 6.45) is 1.89. The zero-order valence-corrected chi connectivity index (χ0v) is 14.4. The number of benzene rings is 2. The number of nitrogens with one attached hydrogen (secondary N) is 2. The summed E-state index contributed by atoms with van der Waals surface area (Å²) >= 11 is 5.81. The van der Waals surface area contributed by atoms with Crippen molar-refractivity contribution in [1.29, 1.82) is 0 Å². The fraction of sp³-hybridized carbons (Fsp3) is 0.263. The molecule has 1 aliphatic carbocycles. The van der Waals surface area contributed by atoms with Gasteiger partial charge in [-0.3, -0.25) is 9.59 Å². The lowest BCUT2D eigenvalue weighted by Crippen LogP contribution is -2.28. The number of hydrogen-bond acceptors (Lipinski definition) is 3. The van der Waals surface area contributed by atoms with E-state index in [0.29, 0.717) is 35.2 Å². The smallest absolute Gasteiger partial charge is 0.251 e. The van der Waals surface area contributed by atoms with Gasteiger partial charge in [0.25, 0.3) is 5.91 Å². The van der Waals surface area contributed by atoms with E-state index in [1.54, 1.807) is 48.5 Å². The molecule has 1 saturated carbocycles. The summed E-state index contributed by atoms with van der Waals surface area (Å²) < 4.78 is 5.53. The monoisotopic (exact) mass is 358 g/mol. The number of halogens is 1. The van der Waals surface area contributed by atoms with Gasteiger partial charge in [0, 0.05) is 22.2 Å². The minimum absolute atomic E-state index is 0.0222. The van der Waals surface area contributed by atoms with Crippen LogP contribution in [0.25, 0.3) is 0 Å². The van der Waals surface area contributed by atoms with E-state index in [1.807, 2.05) is 0 Å². The summed E-state index contributed by atoms with van der Waals surface area (Å²) in [5.74, 6) is 0.641. The van der Waals surface area contributed by atoms with Gasteiger partial charge in [-0.1, -0.05) is 17.7 Å². The Morgan fingerprint density at radius 3 is 2.60 bits per heavy atom. The van der Waals surface area contributed by atoms with Crippen LogP contribution in [-0.4, -0.2) is 25.0 Å². The van der Waals surface area contributed by atoms with Gasteiger partial charge in [-0.15, -0.1) is 0 Å². The molecule has 0 aromatic heterocycles. The van der Waals surface area contributed by atoms with Crippen LogP contribution in [0.1, 0.15) is 23.2 Å². The highest BCUT2D eigenvalue weighted by atomic mass is 35.5. The first-order valence-electron chi connectivity index (χ1n) is 8.19. The fourth-order valence-corrected chi connectivity index (χ4v) is 2.42. The molecule has 0 atom stereocenters. The van der Waals surface area contributed by atoms with Crippen molar-refractivity contribution in [3.63, 3.8) is 0 Å². The maximum Gasteiger partial charge on any atom is 0.251 e. The van der Waals surface area contributed by atoms with Crippen LogP contribution in [0.15, 0.2) is 48.5 Å². The molecular weight excluding hydrogens is 340 g/mol. The molecule has 6 heteroatoms. The molecule has 2 aromatic rings. The second-order valence-electron chi connectivity index (χ2n) is 5.90. The van der Waals surface area contributed by atoms with Gasteiger partial charge in [0.2, 0.25) is 5.91 Å². The van der Waals surface area contributed by atoms with Gasteiger partial charge >= 0.3 is 0 Å². The first kappa shape index (κ1) is 17.3. The van der Waals surface area contributed by atoms with E-state index in [2.05, 4.69) is 10.6 Å². The van der Waals surface area contributed by atoms with E-state index < -0.39 is 0 Å². The number of carbonyl (C=O) groups is 2. The van der Waals surface area contributed by atoms with Crippen molar-refractivity contribution in [2.75, 3.05) is 18.5 Å². The maximum atomic E-state index is 12.2. The molecule has 0 saturated heterocycles. The molecule has 0 aliphatic heterocycles. The maximum absolute atomic E-state index is 12.2. The van der Waals surface area contributed by atoms with Gasteiger partial charge < -0.3 is 15.4 Å². The lowest BCUT2D eigenvalue weighted by molar-refractivity contribution is -0.117. The molecule has 0 radical (unpaired) electrons. The van der Waals surface area contributed by atoms with Crippen LogP contribution < -0.4 is 15.4 Å². The first-order valence-corrected chi connectivity index (χ1v) is 8.57. The minimum atomic E-state index is -0.206. The molecule has 0 bridgehead atoms. The number of amides is 2. The Morgan fingerprint density at radius 1 is 1.12 bits per heavy atom. The Balaban J connectivity index is 1.45. The van der Waals surface area contributed by atoms with Crippen molar-refractivity contribution in [1.82, 2.24) is 5.32 Å². The minimum Gasteiger partial charge on any atom is -0.492 e. The standard InChI is InChI=1S/C19H19ClN2O3/c20-15-6-8-17(9-7-15)25-11-10-21-18(23)14-2-1-3-16(12-14)22-19(24)13-4-5-13/h1-3,6-9,12-13H,4-5,10-11H2,(H,21,23)(H,22,24). The lowest BCUT2D eigenvalue weighted by atomic mass is 10.2. The van der Waals surface area contributed by atoms with Crippen LogP contribution in [0.2, 0.25) is 5.02 Å². The van der Waals surface area contributed by atoms with E-state index >= 15 is 0 Å². The zero-order chi connectivity index (χ0) is 17.6. The molecule has 0 heterocycles. The Labute approximate surface area is 151 Å². The Kier molecular flexibility index (Phi) is 5.56. The summed E-state index contributed by atoms with van der Waals surface area (Å²) in [7, 11) is 0. The highest BCUT2D eigenvalue weighted by Gasteiger charge is 2.29. The summed E-state index contributed by atoms with van der Waals surface area (Å²) in [6.45, 7) is 0.728. The Morgan fingerprint density at radius 2 is 1.88 bits per heavy atom. The van der Waals surface area contributed by atoms with Crippen molar-refractivity contribution >= 4 is 29.1 Å². The van der Waals surface area contributed by atoms with E-state index in [1.165, 1.54) is 0 Å². The highest BCUT2D eigenvalue weighted by Crippen LogP contribution is 2.30. The summed E-state index contributed by atoms with van der Waals surface area (Å²) in [6, 6.07) is 14.0. The van der Waals surface area contributed by atoms with Crippen LogP contribution >= 0.6 is 11.6 Å². The molecule has 2 aromatic carbocycles. The number of rotatable bonds is 7. The number of ether oxygens (including phenoxy) is 1. The van der Waals surface area contributed by atoms with Crippen molar-refractivity contribution in [2.24, 2.45) is 5.92 Å². The van der Waals surface area contributed by atoms with Crippen LogP contribution in [0.5, 0.6) is 5.75 Å². The van der Waals surface area contributed by atoms with E-state index in [-0.39, 0.29) is 17.7 Å². The fourth-order valence-electron chi connectivity index (χ4n) is 2.29. The quantitative estimate of drug-likeness (QED) is 0.744. The molecule has 25 heavy (non-hydrogen) atoms. The molecule has 2 amide bonds. The van der Waals surface area contributed by atoms with Crippen LogP contribution in [-0.2, 0) is 4.79 Å². The summed E-state index contributed by atoms with van der Waals surface area (Å²) in [4.78, 5) is 24.0. The lowest BCUT2D eigenvalue weighted by Gasteiger charge is -2.09. The molecule has 1 fully saturated rings. The molecule has 0 spiro atoms. The normalized spacial score (nSPS) is 13.2. The predicted octanol–water partition coefficient (Wildman–Crippen LogP) is 3.50. The number of anilines is 1. The van der Waals surface area contributed by atoms with Gasteiger partial charge in [-0.25, -0.2) is 0 Å². The topological polar surface area (TPSA) is 67.4 Å². The largest absolute Gasteiger partial charge is 0.492 e. The average molecular weight is 359 g/mol. The molecule has 3 rings (SSSR count). The van der Waals surface area contributed by atoms with Crippen LogP contribution in [0, 0.1) is 5.92 Å². The van der Waals surface area contributed by atoms with Gasteiger partial charge in [-0.2, -0.15) is 0 Å². The van der Waals surface area contributed by atoms with Gasteiger partial charge in [-0.05, 0) is 55.3 Å². The molecule has 130 valence electrons. The van der Waals surface area contributed by atoms with Crippen molar-refractivity contribution in [3.05, 3.63) is 59.1 Å². The second kappa shape index (κ2) is 8.03. The molecule has 5 nitrogen and oxygen atoms in total. The molecule has 0 unspecified atom stereocenters. The predicted molar refractivity (Wildman–Crippen MR) is 97.1 cm³/mol. The zero-order valence-electron chi connectivity index (χ0n) is 13.6. The van der Waals surface area contributed by atoms with Gasteiger partial charge in [0.05, 0.1) is 6.54 Å². The average Bonchev–Trinajstić information content (AvgIpc) is 3.45. The Hall–Kier alpha value is -2.53. The van der Waals surface area contributed by atoms with Crippen molar-refractivity contribution in [2.45, 2.75) is 12.8 Å². The molecule has 2 N–H and O–H groups in total. The van der Waals surface area contributed by atoms with Crippen LogP contribution in [0.4, 0.5) is 5.69 Å². The third-order valence-electron chi connectivity index (χ3n) is 3.81. The van der Waals surface area contributed by atoms with E-state index in [0.717, 1.165) is 12.8 Å². The third kappa shape index (κ3) is 5.22. The summed E-state index contributed by atoms with van der Waals surface area (Å²) in [5, 5.41) is 6.28. The van der Waals surface area contributed by atoms with E-state index in [4.69, 9.17) is 16.3 Å². The van der Waals surface area contributed by atoms with Crippen LogP contribution in [0.3, 0.4) is 0 Å². The SMILES string of the molecule is O=C(NCCOc1ccc(Cl)cc1)c1cccc(NC(=O)C2CC2)c1. The Bertz CT molecular complexity index is 758. The molecule has 1 aliphatic rings. The number of carbonyl (C=O) groups excluding carboxylic acids is 2. The van der Waals surface area contributed by atoms with Gasteiger partial charge in [0.15, 0.2) is 0 Å². The highest BCUT2D eigenvalue weighted by molar-refractivity contribution is 6.30. The second-order valence-corrected chi connectivity index (χ2v) is 6.34. The number of hydrogen-bond donors (Lipinski definition) is 2. The van der Waals surface area contributed by atoms with Crippen molar-refractivity contribution in [3.8, 4) is 5.75 Å². The third-order valence-corrected chi connectivity index (χ3v) is 4.06. The van der Waals surface area contributed by atoms with E-state index in [9.17, 15) is 9.59 Å². The summed E-state index contributed by atoms with van der Waals surface area (Å²) in [5.41, 5.74) is 1.14.